The zero-order chi connectivity index (χ0) is 13.2. The molecule has 1 heterocycles. The predicted molar refractivity (Wildman–Crippen MR) is 80.5 cm³/mol. The molecule has 1 aliphatic carbocycles. The smallest absolute Gasteiger partial charge is 0.0210 e. The third kappa shape index (κ3) is 3.01. The van der Waals surface area contributed by atoms with E-state index < -0.39 is 0 Å². The largest absolute Gasteiger partial charge is 0.310 e. The highest BCUT2D eigenvalue weighted by atomic mass is 15.2. The first kappa shape index (κ1) is 13.1. The van der Waals surface area contributed by atoms with Gasteiger partial charge in [0.15, 0.2) is 0 Å². The first-order valence-electron chi connectivity index (χ1n) is 7.79. The van der Waals surface area contributed by atoms with Gasteiger partial charge in [0.1, 0.15) is 0 Å². The Kier molecular flexibility index (Phi) is 3.90. The molecule has 1 N–H and O–H groups in total. The standard InChI is InChI=1S/C17H26N2/c1-13(2)19-10-9-17(12-19)18-16-8-7-14-5-3-4-6-15(14)11-16/h3-6,13,16-18H,7-12H2,1-2H3. The van der Waals surface area contributed by atoms with Crippen LogP contribution in [-0.2, 0) is 12.8 Å². The van der Waals surface area contributed by atoms with E-state index in [1.807, 2.05) is 0 Å². The third-order valence-electron chi connectivity index (χ3n) is 4.77. The molecule has 1 saturated heterocycles. The van der Waals surface area contributed by atoms with Crippen molar-refractivity contribution in [3.05, 3.63) is 35.4 Å². The van der Waals surface area contributed by atoms with E-state index in [0.717, 1.165) is 0 Å². The summed E-state index contributed by atoms with van der Waals surface area (Å²) in [5.74, 6) is 0. The highest BCUT2D eigenvalue weighted by Crippen LogP contribution is 2.22. The zero-order valence-corrected chi connectivity index (χ0v) is 12.2. The lowest BCUT2D eigenvalue weighted by molar-refractivity contribution is 0.263. The molecule has 0 saturated carbocycles. The molecule has 1 aromatic carbocycles. The summed E-state index contributed by atoms with van der Waals surface area (Å²) in [5, 5.41) is 3.90. The quantitative estimate of drug-likeness (QED) is 0.896. The Hall–Kier alpha value is -0.860. The lowest BCUT2D eigenvalue weighted by atomic mass is 9.88. The van der Waals surface area contributed by atoms with E-state index >= 15 is 0 Å². The maximum atomic E-state index is 3.90. The fraction of sp³-hybridized carbons (Fsp3) is 0.647. The molecule has 104 valence electrons. The molecule has 0 radical (unpaired) electrons. The second-order valence-electron chi connectivity index (χ2n) is 6.45. The van der Waals surface area contributed by atoms with Crippen LogP contribution in [0.25, 0.3) is 0 Å². The van der Waals surface area contributed by atoms with E-state index in [0.29, 0.717) is 18.1 Å². The van der Waals surface area contributed by atoms with E-state index in [4.69, 9.17) is 0 Å². The van der Waals surface area contributed by atoms with Crippen LogP contribution in [0.15, 0.2) is 24.3 Å². The molecule has 0 bridgehead atoms. The topological polar surface area (TPSA) is 15.3 Å². The monoisotopic (exact) mass is 258 g/mol. The summed E-state index contributed by atoms with van der Waals surface area (Å²) in [4.78, 5) is 2.59. The van der Waals surface area contributed by atoms with Gasteiger partial charge >= 0.3 is 0 Å². The molecule has 0 amide bonds. The summed E-state index contributed by atoms with van der Waals surface area (Å²) in [7, 11) is 0. The molecule has 2 aliphatic rings. The number of hydrogen-bond acceptors (Lipinski definition) is 2. The first-order valence-corrected chi connectivity index (χ1v) is 7.79. The van der Waals surface area contributed by atoms with Gasteiger partial charge in [-0.25, -0.2) is 0 Å². The van der Waals surface area contributed by atoms with Crippen LogP contribution >= 0.6 is 0 Å². The first-order chi connectivity index (χ1) is 9.22. The zero-order valence-electron chi connectivity index (χ0n) is 12.2. The Bertz CT molecular complexity index is 427. The fourth-order valence-electron chi connectivity index (χ4n) is 3.57. The van der Waals surface area contributed by atoms with Crippen molar-refractivity contribution in [2.75, 3.05) is 13.1 Å². The van der Waals surface area contributed by atoms with Gasteiger partial charge in [0.25, 0.3) is 0 Å². The Morgan fingerprint density at radius 3 is 2.63 bits per heavy atom. The predicted octanol–water partition coefficient (Wildman–Crippen LogP) is 2.62. The van der Waals surface area contributed by atoms with Gasteiger partial charge in [-0.15, -0.1) is 0 Å². The molecular formula is C17H26N2. The molecule has 1 aromatic rings. The average Bonchev–Trinajstić information content (AvgIpc) is 2.87. The van der Waals surface area contributed by atoms with E-state index in [1.165, 1.54) is 38.8 Å². The van der Waals surface area contributed by atoms with Crippen LogP contribution in [0.3, 0.4) is 0 Å². The van der Waals surface area contributed by atoms with Crippen molar-refractivity contribution in [1.29, 1.82) is 0 Å². The lowest BCUT2D eigenvalue weighted by Crippen LogP contribution is -2.43. The lowest BCUT2D eigenvalue weighted by Gasteiger charge is -2.29. The molecular weight excluding hydrogens is 232 g/mol. The van der Waals surface area contributed by atoms with Crippen molar-refractivity contribution >= 4 is 0 Å². The second kappa shape index (κ2) is 5.64. The molecule has 0 spiro atoms. The normalized spacial score (nSPS) is 27.7. The van der Waals surface area contributed by atoms with Gasteiger partial charge < -0.3 is 5.32 Å². The van der Waals surface area contributed by atoms with Crippen molar-refractivity contribution in [3.8, 4) is 0 Å². The SMILES string of the molecule is CC(C)N1CCC(NC2CCc3ccccc3C2)C1. The Morgan fingerprint density at radius 1 is 1.11 bits per heavy atom. The average molecular weight is 258 g/mol. The summed E-state index contributed by atoms with van der Waals surface area (Å²) in [6.07, 6.45) is 5.08. The van der Waals surface area contributed by atoms with Gasteiger partial charge in [-0.1, -0.05) is 24.3 Å². The van der Waals surface area contributed by atoms with Crippen LogP contribution in [0.5, 0.6) is 0 Å². The summed E-state index contributed by atoms with van der Waals surface area (Å²) >= 11 is 0. The van der Waals surface area contributed by atoms with Crippen molar-refractivity contribution < 1.29 is 0 Å². The number of hydrogen-bond donors (Lipinski definition) is 1. The summed E-state index contributed by atoms with van der Waals surface area (Å²) in [6.45, 7) is 7.10. The second-order valence-corrected chi connectivity index (χ2v) is 6.45. The number of benzene rings is 1. The van der Waals surface area contributed by atoms with Crippen molar-refractivity contribution in [2.45, 2.75) is 57.7 Å². The van der Waals surface area contributed by atoms with Gasteiger partial charge in [-0.05, 0) is 57.2 Å². The maximum absolute atomic E-state index is 3.90. The molecule has 0 aromatic heterocycles. The Labute approximate surface area is 117 Å². The fourth-order valence-corrected chi connectivity index (χ4v) is 3.57. The highest BCUT2D eigenvalue weighted by Gasteiger charge is 2.27. The van der Waals surface area contributed by atoms with Crippen LogP contribution in [0.1, 0.15) is 37.8 Å². The summed E-state index contributed by atoms with van der Waals surface area (Å²) in [5.41, 5.74) is 3.13. The van der Waals surface area contributed by atoms with Gasteiger partial charge in [0.05, 0.1) is 0 Å². The van der Waals surface area contributed by atoms with Gasteiger partial charge in [0.2, 0.25) is 0 Å². The van der Waals surface area contributed by atoms with Crippen LogP contribution in [0.4, 0.5) is 0 Å². The van der Waals surface area contributed by atoms with Crippen LogP contribution < -0.4 is 5.32 Å². The van der Waals surface area contributed by atoms with Gasteiger partial charge in [0, 0.05) is 24.7 Å². The van der Waals surface area contributed by atoms with Crippen molar-refractivity contribution in [3.63, 3.8) is 0 Å². The van der Waals surface area contributed by atoms with Crippen molar-refractivity contribution in [2.24, 2.45) is 0 Å². The van der Waals surface area contributed by atoms with Crippen LogP contribution in [0.2, 0.25) is 0 Å². The maximum Gasteiger partial charge on any atom is 0.0210 e. The molecule has 1 fully saturated rings. The van der Waals surface area contributed by atoms with E-state index in [2.05, 4.69) is 48.3 Å². The molecule has 2 unspecified atom stereocenters. The van der Waals surface area contributed by atoms with Crippen molar-refractivity contribution in [1.82, 2.24) is 10.2 Å². The van der Waals surface area contributed by atoms with Gasteiger partial charge in [-0.2, -0.15) is 0 Å². The number of nitrogens with zero attached hydrogens (tertiary/aromatic N) is 1. The molecule has 1 aliphatic heterocycles. The Balaban J connectivity index is 1.55. The number of fused-ring (bicyclic) bond motifs is 1. The van der Waals surface area contributed by atoms with E-state index in [9.17, 15) is 0 Å². The van der Waals surface area contributed by atoms with E-state index in [1.54, 1.807) is 11.1 Å². The minimum atomic E-state index is 0.687. The Morgan fingerprint density at radius 2 is 1.89 bits per heavy atom. The van der Waals surface area contributed by atoms with Crippen LogP contribution in [0, 0.1) is 0 Å². The van der Waals surface area contributed by atoms with Crippen LogP contribution in [-0.4, -0.2) is 36.1 Å². The number of nitrogens with one attached hydrogen (secondary N) is 1. The van der Waals surface area contributed by atoms with Gasteiger partial charge in [-0.3, -0.25) is 4.90 Å². The highest BCUT2D eigenvalue weighted by molar-refractivity contribution is 5.30. The molecule has 2 nitrogen and oxygen atoms in total. The summed E-state index contributed by atoms with van der Waals surface area (Å²) in [6, 6.07) is 11.0. The minimum absolute atomic E-state index is 0.687. The molecule has 19 heavy (non-hydrogen) atoms. The number of aryl methyl sites for hydroxylation is 1. The third-order valence-corrected chi connectivity index (χ3v) is 4.77. The van der Waals surface area contributed by atoms with E-state index in [-0.39, 0.29) is 0 Å². The number of likely N-dealkylation sites (tertiary alicyclic amines) is 1. The molecule has 2 heteroatoms. The minimum Gasteiger partial charge on any atom is -0.310 e. The summed E-state index contributed by atoms with van der Waals surface area (Å²) < 4.78 is 0. The molecule has 2 atom stereocenters. The molecule has 3 rings (SSSR count). The number of rotatable bonds is 3.